The quantitative estimate of drug-likeness (QED) is 0.861. The van der Waals surface area contributed by atoms with Crippen LogP contribution in [0, 0.1) is 25.7 Å². The lowest BCUT2D eigenvalue weighted by Gasteiger charge is -2.24. The number of anilines is 1. The molecule has 138 valence electrons. The third-order valence-corrected chi connectivity index (χ3v) is 5.37. The molecule has 5 nitrogen and oxygen atoms in total. The number of amides is 2. The predicted molar refractivity (Wildman–Crippen MR) is 101 cm³/mol. The van der Waals surface area contributed by atoms with E-state index in [9.17, 15) is 9.59 Å². The van der Waals surface area contributed by atoms with E-state index in [-0.39, 0.29) is 30.2 Å². The molecule has 0 aromatic heterocycles. The maximum absolute atomic E-state index is 12.7. The van der Waals surface area contributed by atoms with Gasteiger partial charge in [-0.05, 0) is 43.4 Å². The highest BCUT2D eigenvalue weighted by Crippen LogP contribution is 2.30. The molecule has 0 spiro atoms. The summed E-state index contributed by atoms with van der Waals surface area (Å²) in [5.41, 5.74) is 9.24. The molecule has 1 aliphatic heterocycles. The van der Waals surface area contributed by atoms with Gasteiger partial charge in [-0.3, -0.25) is 9.59 Å². The molecule has 1 saturated heterocycles. The fourth-order valence-corrected chi connectivity index (χ4v) is 3.23. The van der Waals surface area contributed by atoms with Gasteiger partial charge in [-0.2, -0.15) is 0 Å². The Hall–Kier alpha value is -1.88. The summed E-state index contributed by atoms with van der Waals surface area (Å²) in [5, 5.41) is 0. The van der Waals surface area contributed by atoms with E-state index in [4.69, 9.17) is 5.73 Å². The summed E-state index contributed by atoms with van der Waals surface area (Å²) in [6.45, 7) is 9.32. The minimum absolute atomic E-state index is 0.0272. The van der Waals surface area contributed by atoms with Crippen LogP contribution >= 0.6 is 0 Å². The Balaban J connectivity index is 2.01. The number of hydrogen-bond acceptors (Lipinski definition) is 3. The largest absolute Gasteiger partial charge is 0.345 e. The molecule has 0 bridgehead atoms. The molecule has 25 heavy (non-hydrogen) atoms. The third kappa shape index (κ3) is 4.40. The first-order chi connectivity index (χ1) is 11.7. The Labute approximate surface area is 151 Å². The number of nitrogens with zero attached hydrogens (tertiary/aromatic N) is 2. The maximum Gasteiger partial charge on any atom is 0.227 e. The van der Waals surface area contributed by atoms with E-state index in [1.54, 1.807) is 16.8 Å². The number of carbonyl (C=O) groups excluding carboxylic acids is 2. The van der Waals surface area contributed by atoms with E-state index in [1.807, 2.05) is 32.0 Å². The SMILES string of the molecule is Cc1cccc(N2CC(C(=O)N(C)CCC(N)C(C)C)CC2=O)c1C. The van der Waals surface area contributed by atoms with E-state index in [0.29, 0.717) is 19.0 Å². The molecular formula is C20H31N3O2. The van der Waals surface area contributed by atoms with Gasteiger partial charge in [0.1, 0.15) is 0 Å². The number of aryl methyl sites for hydroxylation is 1. The van der Waals surface area contributed by atoms with Gasteiger partial charge in [0.2, 0.25) is 11.8 Å². The zero-order chi connectivity index (χ0) is 18.7. The fraction of sp³-hybridized carbons (Fsp3) is 0.600. The zero-order valence-corrected chi connectivity index (χ0v) is 16.1. The molecule has 1 aliphatic rings. The van der Waals surface area contributed by atoms with Crippen LogP contribution in [0.4, 0.5) is 5.69 Å². The van der Waals surface area contributed by atoms with Crippen LogP contribution in [0.2, 0.25) is 0 Å². The molecule has 1 aromatic carbocycles. The van der Waals surface area contributed by atoms with Gasteiger partial charge in [0.15, 0.2) is 0 Å². The molecule has 2 rings (SSSR count). The summed E-state index contributed by atoms with van der Waals surface area (Å²) < 4.78 is 0. The van der Waals surface area contributed by atoms with Crippen LogP contribution in [-0.2, 0) is 9.59 Å². The van der Waals surface area contributed by atoms with Crippen molar-refractivity contribution in [3.63, 3.8) is 0 Å². The minimum atomic E-state index is -0.271. The van der Waals surface area contributed by atoms with Crippen LogP contribution in [0.3, 0.4) is 0 Å². The van der Waals surface area contributed by atoms with Crippen molar-refractivity contribution in [1.29, 1.82) is 0 Å². The second kappa shape index (κ2) is 8.00. The first kappa shape index (κ1) is 19.4. The molecule has 5 heteroatoms. The first-order valence-corrected chi connectivity index (χ1v) is 9.09. The van der Waals surface area contributed by atoms with Crippen molar-refractivity contribution in [2.75, 3.05) is 25.0 Å². The minimum Gasteiger partial charge on any atom is -0.345 e. The molecule has 2 atom stereocenters. The van der Waals surface area contributed by atoms with Gasteiger partial charge >= 0.3 is 0 Å². The summed E-state index contributed by atoms with van der Waals surface area (Å²) in [7, 11) is 1.81. The average Bonchev–Trinajstić information content (AvgIpc) is 2.95. The van der Waals surface area contributed by atoms with E-state index in [1.165, 1.54) is 0 Å². The van der Waals surface area contributed by atoms with Crippen LogP contribution in [-0.4, -0.2) is 42.9 Å². The number of carbonyl (C=O) groups is 2. The summed E-state index contributed by atoms with van der Waals surface area (Å²) in [5.74, 6) is 0.195. The summed E-state index contributed by atoms with van der Waals surface area (Å²) >= 11 is 0. The van der Waals surface area contributed by atoms with Gasteiger partial charge in [0.05, 0.1) is 5.92 Å². The fourth-order valence-electron chi connectivity index (χ4n) is 3.23. The molecule has 0 aliphatic carbocycles. The Morgan fingerprint density at radius 1 is 1.36 bits per heavy atom. The lowest BCUT2D eigenvalue weighted by molar-refractivity contribution is -0.134. The topological polar surface area (TPSA) is 66.6 Å². The summed E-state index contributed by atoms with van der Waals surface area (Å²) in [4.78, 5) is 28.7. The Morgan fingerprint density at radius 3 is 2.68 bits per heavy atom. The van der Waals surface area contributed by atoms with Crippen LogP contribution < -0.4 is 10.6 Å². The first-order valence-electron chi connectivity index (χ1n) is 9.09. The summed E-state index contributed by atoms with van der Waals surface area (Å²) in [6, 6.07) is 6.04. The standard InChI is InChI=1S/C20H31N3O2/c1-13(2)17(21)9-10-22(5)20(25)16-11-19(24)23(12-16)18-8-6-7-14(3)15(18)4/h6-8,13,16-17H,9-12,21H2,1-5H3. The van der Waals surface area contributed by atoms with Crippen molar-refractivity contribution in [3.05, 3.63) is 29.3 Å². The Bertz CT molecular complexity index is 642. The molecule has 2 unspecified atom stereocenters. The highest BCUT2D eigenvalue weighted by molar-refractivity contribution is 6.00. The second-order valence-electron chi connectivity index (χ2n) is 7.58. The Kier molecular flexibility index (Phi) is 6.22. The lowest BCUT2D eigenvalue weighted by atomic mass is 10.0. The number of hydrogen-bond donors (Lipinski definition) is 1. The maximum atomic E-state index is 12.7. The lowest BCUT2D eigenvalue weighted by Crippen LogP contribution is -2.38. The molecule has 2 amide bonds. The van der Waals surface area contributed by atoms with Gasteiger partial charge < -0.3 is 15.5 Å². The molecule has 1 fully saturated rings. The third-order valence-electron chi connectivity index (χ3n) is 5.37. The van der Waals surface area contributed by atoms with E-state index >= 15 is 0 Å². The number of nitrogens with two attached hydrogens (primary N) is 1. The van der Waals surface area contributed by atoms with E-state index < -0.39 is 0 Å². The van der Waals surface area contributed by atoms with Crippen molar-refractivity contribution in [3.8, 4) is 0 Å². The van der Waals surface area contributed by atoms with Gasteiger partial charge in [-0.1, -0.05) is 26.0 Å². The second-order valence-corrected chi connectivity index (χ2v) is 7.58. The van der Waals surface area contributed by atoms with Gasteiger partial charge in [-0.25, -0.2) is 0 Å². The highest BCUT2D eigenvalue weighted by atomic mass is 16.2. The van der Waals surface area contributed by atoms with Crippen molar-refractivity contribution in [2.45, 2.75) is 46.6 Å². The molecule has 2 N–H and O–H groups in total. The molecule has 0 radical (unpaired) electrons. The van der Waals surface area contributed by atoms with Crippen LogP contribution in [0.15, 0.2) is 18.2 Å². The molecule has 1 aromatic rings. The average molecular weight is 345 g/mol. The number of benzene rings is 1. The van der Waals surface area contributed by atoms with Crippen molar-refractivity contribution < 1.29 is 9.59 Å². The molecular weight excluding hydrogens is 314 g/mol. The van der Waals surface area contributed by atoms with Crippen LogP contribution in [0.1, 0.15) is 37.8 Å². The normalized spacial score (nSPS) is 18.8. The van der Waals surface area contributed by atoms with Gasteiger partial charge in [0.25, 0.3) is 0 Å². The Morgan fingerprint density at radius 2 is 2.04 bits per heavy atom. The van der Waals surface area contributed by atoms with Crippen LogP contribution in [0.5, 0.6) is 0 Å². The molecule has 1 heterocycles. The van der Waals surface area contributed by atoms with Crippen molar-refractivity contribution in [2.24, 2.45) is 17.6 Å². The summed E-state index contributed by atoms with van der Waals surface area (Å²) in [6.07, 6.45) is 1.06. The predicted octanol–water partition coefficient (Wildman–Crippen LogP) is 2.49. The van der Waals surface area contributed by atoms with Gasteiger partial charge in [-0.15, -0.1) is 0 Å². The van der Waals surface area contributed by atoms with Crippen molar-refractivity contribution in [1.82, 2.24) is 4.90 Å². The van der Waals surface area contributed by atoms with Crippen molar-refractivity contribution >= 4 is 17.5 Å². The molecule has 0 saturated carbocycles. The van der Waals surface area contributed by atoms with E-state index in [0.717, 1.165) is 23.2 Å². The van der Waals surface area contributed by atoms with E-state index in [2.05, 4.69) is 13.8 Å². The van der Waals surface area contributed by atoms with Crippen LogP contribution in [0.25, 0.3) is 0 Å². The monoisotopic (exact) mass is 345 g/mol. The smallest absolute Gasteiger partial charge is 0.227 e. The van der Waals surface area contributed by atoms with Gasteiger partial charge in [0, 0.05) is 38.3 Å². The number of rotatable bonds is 6. The highest BCUT2D eigenvalue weighted by Gasteiger charge is 2.37. The zero-order valence-electron chi connectivity index (χ0n) is 16.1.